The van der Waals surface area contributed by atoms with E-state index in [2.05, 4.69) is 10.1 Å². The number of nitrogens with one attached hydrogen (secondary N) is 1. The average molecular weight is 360 g/mol. The van der Waals surface area contributed by atoms with E-state index in [1.54, 1.807) is 30.3 Å². The van der Waals surface area contributed by atoms with E-state index in [1.807, 2.05) is 0 Å². The van der Waals surface area contributed by atoms with Gasteiger partial charge in [0.15, 0.2) is 6.61 Å². The first-order valence-electron chi connectivity index (χ1n) is 7.74. The first kappa shape index (κ1) is 17.5. The molecule has 2 aromatic carbocycles. The summed E-state index contributed by atoms with van der Waals surface area (Å²) in [4.78, 5) is 36.7. The van der Waals surface area contributed by atoms with Gasteiger partial charge in [-0.25, -0.2) is 18.5 Å². The van der Waals surface area contributed by atoms with Crippen molar-refractivity contribution < 1.29 is 27.9 Å². The summed E-state index contributed by atoms with van der Waals surface area (Å²) in [5.41, 5.74) is -0.172. The van der Waals surface area contributed by atoms with Crippen molar-refractivity contribution in [1.29, 1.82) is 0 Å². The summed E-state index contributed by atoms with van der Waals surface area (Å²) < 4.78 is 32.3. The lowest BCUT2D eigenvalue weighted by Crippen LogP contribution is -2.40. The van der Waals surface area contributed by atoms with Gasteiger partial charge in [0, 0.05) is 0 Å². The first-order valence-corrected chi connectivity index (χ1v) is 7.74. The van der Waals surface area contributed by atoms with Gasteiger partial charge in [-0.3, -0.25) is 9.59 Å². The summed E-state index contributed by atoms with van der Waals surface area (Å²) in [6, 6.07) is 10.7. The van der Waals surface area contributed by atoms with Crippen LogP contribution in [0.4, 0.5) is 13.6 Å². The van der Waals surface area contributed by atoms with Gasteiger partial charge in [0.1, 0.15) is 17.2 Å². The quantitative estimate of drug-likeness (QED) is 0.889. The molecule has 8 heteroatoms. The highest BCUT2D eigenvalue weighted by Crippen LogP contribution is 2.19. The third-order valence-corrected chi connectivity index (χ3v) is 3.90. The largest absolute Gasteiger partial charge is 0.439 e. The Balaban J connectivity index is 1.88. The van der Waals surface area contributed by atoms with Crippen LogP contribution in [-0.4, -0.2) is 36.0 Å². The average Bonchev–Trinajstić information content (AvgIpc) is 2.93. The Morgan fingerprint density at radius 2 is 1.73 bits per heavy atom. The molecule has 0 aromatic heterocycles. The van der Waals surface area contributed by atoms with Gasteiger partial charge in [-0.1, -0.05) is 36.4 Å². The molecule has 3 amide bonds. The molecule has 1 N–H and O–H groups in total. The minimum Gasteiger partial charge on any atom is -0.439 e. The number of nitrogens with zero attached hydrogens (tertiary/aromatic N) is 1. The van der Waals surface area contributed by atoms with E-state index in [9.17, 15) is 23.2 Å². The maximum Gasteiger partial charge on any atom is 0.417 e. The number of rotatable bonds is 5. The Hall–Kier alpha value is -3.29. The fraction of sp³-hybridized carbons (Fsp3) is 0.167. The van der Waals surface area contributed by atoms with Gasteiger partial charge in [-0.15, -0.1) is 0 Å². The van der Waals surface area contributed by atoms with E-state index in [4.69, 9.17) is 0 Å². The predicted molar refractivity (Wildman–Crippen MR) is 86.1 cm³/mol. The predicted octanol–water partition coefficient (Wildman–Crippen LogP) is 2.41. The topological polar surface area (TPSA) is 75.7 Å². The number of halogens is 2. The lowest BCUT2D eigenvalue weighted by molar-refractivity contribution is -0.126. The molecular weight excluding hydrogens is 346 g/mol. The van der Waals surface area contributed by atoms with E-state index >= 15 is 0 Å². The fourth-order valence-corrected chi connectivity index (χ4v) is 2.60. The molecule has 1 atom stereocenters. The van der Waals surface area contributed by atoms with Crippen LogP contribution in [0.1, 0.15) is 22.0 Å². The second-order valence-corrected chi connectivity index (χ2v) is 5.59. The third-order valence-electron chi connectivity index (χ3n) is 3.90. The standard InChI is InChI=1S/C18H14F2N2O4/c19-12-7-4-8-13(20)16(12)17(24)21-14(11-5-2-1-3-6-11)9-22-15(23)10-26-18(22)25/h1-8,14H,9-10H2,(H,21,24). The van der Waals surface area contributed by atoms with Gasteiger partial charge in [-0.2, -0.15) is 0 Å². The summed E-state index contributed by atoms with van der Waals surface area (Å²) in [5, 5.41) is 2.48. The van der Waals surface area contributed by atoms with Crippen LogP contribution in [0.3, 0.4) is 0 Å². The molecule has 1 unspecified atom stereocenters. The van der Waals surface area contributed by atoms with Crippen LogP contribution in [0, 0.1) is 11.6 Å². The van der Waals surface area contributed by atoms with Crippen LogP contribution in [0.25, 0.3) is 0 Å². The summed E-state index contributed by atoms with van der Waals surface area (Å²) >= 11 is 0. The Labute approximate surface area is 147 Å². The van der Waals surface area contributed by atoms with Crippen LogP contribution in [-0.2, 0) is 9.53 Å². The second kappa shape index (κ2) is 7.30. The molecule has 1 saturated heterocycles. The lowest BCUT2D eigenvalue weighted by atomic mass is 10.1. The summed E-state index contributed by atoms with van der Waals surface area (Å²) in [5.74, 6) is -3.56. The Morgan fingerprint density at radius 3 is 2.31 bits per heavy atom. The molecule has 3 rings (SSSR count). The van der Waals surface area contributed by atoms with E-state index in [1.165, 1.54) is 0 Å². The molecule has 26 heavy (non-hydrogen) atoms. The van der Waals surface area contributed by atoms with Gasteiger partial charge in [0.05, 0.1) is 12.6 Å². The number of imide groups is 1. The maximum absolute atomic E-state index is 13.8. The van der Waals surface area contributed by atoms with Crippen molar-refractivity contribution in [1.82, 2.24) is 10.2 Å². The molecule has 0 radical (unpaired) electrons. The number of carbonyl (C=O) groups excluding carboxylic acids is 3. The molecular formula is C18H14F2N2O4. The SMILES string of the molecule is O=C(NC(CN1C(=O)COC1=O)c1ccccc1)c1c(F)cccc1F. The van der Waals surface area contributed by atoms with Gasteiger partial charge in [0.25, 0.3) is 11.8 Å². The van der Waals surface area contributed by atoms with Crippen molar-refractivity contribution in [2.24, 2.45) is 0 Å². The zero-order valence-corrected chi connectivity index (χ0v) is 13.4. The van der Waals surface area contributed by atoms with Crippen LogP contribution in [0.2, 0.25) is 0 Å². The number of benzene rings is 2. The molecule has 1 aliphatic heterocycles. The minimum absolute atomic E-state index is 0.219. The van der Waals surface area contributed by atoms with Crippen molar-refractivity contribution in [2.45, 2.75) is 6.04 Å². The summed E-state index contributed by atoms with van der Waals surface area (Å²) in [7, 11) is 0. The van der Waals surface area contributed by atoms with Crippen molar-refractivity contribution in [3.63, 3.8) is 0 Å². The molecule has 1 fully saturated rings. The van der Waals surface area contributed by atoms with E-state index in [0.717, 1.165) is 23.1 Å². The highest BCUT2D eigenvalue weighted by molar-refractivity contribution is 5.98. The Morgan fingerprint density at radius 1 is 1.08 bits per heavy atom. The number of cyclic esters (lactones) is 1. The number of hydrogen-bond donors (Lipinski definition) is 1. The number of amides is 3. The summed E-state index contributed by atoms with van der Waals surface area (Å²) in [6.45, 7) is -0.597. The third kappa shape index (κ3) is 3.53. The van der Waals surface area contributed by atoms with E-state index in [-0.39, 0.29) is 13.2 Å². The van der Waals surface area contributed by atoms with Crippen molar-refractivity contribution >= 4 is 17.9 Å². The molecule has 134 valence electrons. The second-order valence-electron chi connectivity index (χ2n) is 5.59. The normalized spacial score (nSPS) is 14.9. The highest BCUT2D eigenvalue weighted by Gasteiger charge is 2.34. The minimum atomic E-state index is -1.01. The first-order chi connectivity index (χ1) is 12.5. The maximum atomic E-state index is 13.8. The summed E-state index contributed by atoms with van der Waals surface area (Å²) in [6.07, 6.45) is -0.831. The van der Waals surface area contributed by atoms with Gasteiger partial charge >= 0.3 is 6.09 Å². The van der Waals surface area contributed by atoms with Crippen LogP contribution in [0.5, 0.6) is 0 Å². The van der Waals surface area contributed by atoms with Crippen molar-refractivity contribution in [3.8, 4) is 0 Å². The molecule has 0 bridgehead atoms. The van der Waals surface area contributed by atoms with Crippen LogP contribution < -0.4 is 5.32 Å². The monoisotopic (exact) mass is 360 g/mol. The van der Waals surface area contributed by atoms with E-state index in [0.29, 0.717) is 5.56 Å². The highest BCUT2D eigenvalue weighted by atomic mass is 19.1. The Kier molecular flexibility index (Phi) is 4.92. The molecule has 0 saturated carbocycles. The Bertz CT molecular complexity index is 821. The van der Waals surface area contributed by atoms with Gasteiger partial charge in [0.2, 0.25) is 0 Å². The molecule has 1 heterocycles. The molecule has 0 aliphatic carbocycles. The van der Waals surface area contributed by atoms with Gasteiger partial charge < -0.3 is 10.1 Å². The van der Waals surface area contributed by atoms with Gasteiger partial charge in [-0.05, 0) is 17.7 Å². The molecule has 1 aliphatic rings. The lowest BCUT2D eigenvalue weighted by Gasteiger charge is -2.23. The molecule has 0 spiro atoms. The number of hydrogen-bond acceptors (Lipinski definition) is 4. The zero-order chi connectivity index (χ0) is 18.7. The van der Waals surface area contributed by atoms with Crippen molar-refractivity contribution in [2.75, 3.05) is 13.2 Å². The van der Waals surface area contributed by atoms with Crippen LogP contribution in [0.15, 0.2) is 48.5 Å². The molecule has 2 aromatic rings. The van der Waals surface area contributed by atoms with Crippen LogP contribution >= 0.6 is 0 Å². The van der Waals surface area contributed by atoms with E-state index < -0.39 is 41.1 Å². The number of ether oxygens (including phenoxy) is 1. The molecule has 6 nitrogen and oxygen atoms in total. The number of carbonyl (C=O) groups is 3. The zero-order valence-electron chi connectivity index (χ0n) is 13.4. The van der Waals surface area contributed by atoms with Crippen molar-refractivity contribution in [3.05, 3.63) is 71.3 Å². The smallest absolute Gasteiger partial charge is 0.417 e. The fourth-order valence-electron chi connectivity index (χ4n) is 2.60.